The molecule has 0 saturated carbocycles. The van der Waals surface area contributed by atoms with Crippen molar-refractivity contribution in [2.24, 2.45) is 0 Å². The largest absolute Gasteiger partial charge is 1.00 e. The molecule has 4 heteroatoms. The second kappa shape index (κ2) is 59.0. The molecule has 0 aliphatic carbocycles. The van der Waals surface area contributed by atoms with Gasteiger partial charge in [0.1, 0.15) is 0 Å². The minimum atomic E-state index is 0. The lowest BCUT2D eigenvalue weighted by Crippen LogP contribution is -3.00. The summed E-state index contributed by atoms with van der Waals surface area (Å²) in [6.07, 6.45) is 0. The molecule has 0 unspecified atom stereocenters. The summed E-state index contributed by atoms with van der Waals surface area (Å²) in [5.41, 5.74) is 0. The first-order valence-corrected chi connectivity index (χ1v) is 0. The highest BCUT2D eigenvalue weighted by Gasteiger charge is -0.0565. The summed E-state index contributed by atoms with van der Waals surface area (Å²) >= 11 is 0. The quantitative estimate of drug-likeness (QED) is 0.307. The lowest BCUT2D eigenvalue weighted by atomic mass is 12.0. The van der Waals surface area contributed by atoms with Crippen LogP contribution in [-0.4, -0.2) is 0 Å². The Balaban J connectivity index is 0. The van der Waals surface area contributed by atoms with Gasteiger partial charge in [-0.25, -0.2) is 0 Å². The van der Waals surface area contributed by atoms with Crippen molar-refractivity contribution in [3.63, 3.8) is 0 Å². The molecule has 40 valence electrons. The summed E-state index contributed by atoms with van der Waals surface area (Å²) in [7, 11) is 0. The first-order valence-electron chi connectivity index (χ1n) is 0. The molecule has 0 nitrogen and oxygen atoms in total. The smallest absolute Gasteiger partial charge is 0.0576 e. The van der Waals surface area contributed by atoms with E-state index in [4.69, 9.17) is 0 Å². The molecular formula is CH10Cl2S2. The maximum Gasteiger partial charge on any atom is -0.0576 e. The van der Waals surface area contributed by atoms with E-state index in [-0.39, 0.29) is 59.2 Å². The number of halogens is 2. The molecule has 0 radical (unpaired) electrons. The van der Waals surface area contributed by atoms with Gasteiger partial charge in [-0.15, -0.1) is 0 Å². The Morgan fingerprint density at radius 3 is 0.600 bits per heavy atom. The maximum atomic E-state index is 0. The van der Waals surface area contributed by atoms with Crippen LogP contribution < -0.4 is 24.8 Å². The van der Waals surface area contributed by atoms with Crippen molar-refractivity contribution < 1.29 is 24.8 Å². The molecule has 0 aliphatic heterocycles. The minimum absolute atomic E-state index is 0. The maximum absolute atomic E-state index is 0. The topological polar surface area (TPSA) is 0 Å². The Morgan fingerprint density at radius 1 is 0.600 bits per heavy atom. The van der Waals surface area contributed by atoms with Crippen molar-refractivity contribution in [2.75, 3.05) is 0 Å². The van der Waals surface area contributed by atoms with Crippen LogP contribution in [0.4, 0.5) is 0 Å². The van der Waals surface area contributed by atoms with Crippen molar-refractivity contribution in [3.05, 3.63) is 0 Å². The molecule has 0 aromatic rings. The molecule has 0 aliphatic rings. The Bertz CT molecular complexity index is 7.61. The second-order valence-electron chi connectivity index (χ2n) is 0. The highest BCUT2D eigenvalue weighted by Crippen LogP contribution is 0.144. The molecule has 0 aromatic heterocycles. The fourth-order valence-electron chi connectivity index (χ4n) is 0. The van der Waals surface area contributed by atoms with E-state index >= 15 is 0 Å². The Morgan fingerprint density at radius 2 is 0.600 bits per heavy atom. The summed E-state index contributed by atoms with van der Waals surface area (Å²) in [5.74, 6) is 0. The van der Waals surface area contributed by atoms with Crippen LogP contribution in [0, 0.1) is 0 Å². The highest BCUT2D eigenvalue weighted by molar-refractivity contribution is 7.37. The standard InChI is InChI=1S/CH4.2ClH.2H2S/h1H4;2*1H;2*1H2. The van der Waals surface area contributed by atoms with Gasteiger partial charge in [0, 0.05) is 0 Å². The van der Waals surface area contributed by atoms with Crippen molar-refractivity contribution in [2.45, 2.75) is 7.43 Å². The van der Waals surface area contributed by atoms with Gasteiger partial charge in [-0.05, 0) is 0 Å². The van der Waals surface area contributed by atoms with Crippen LogP contribution in [0.2, 0.25) is 0 Å². The summed E-state index contributed by atoms with van der Waals surface area (Å²) in [5, 5.41) is 0. The second-order valence-corrected chi connectivity index (χ2v) is 0. The van der Waals surface area contributed by atoms with E-state index in [1.807, 2.05) is 0 Å². The van der Waals surface area contributed by atoms with Gasteiger partial charge < -0.3 is 24.8 Å². The summed E-state index contributed by atoms with van der Waals surface area (Å²) < 4.78 is 0. The van der Waals surface area contributed by atoms with E-state index in [0.29, 0.717) is 0 Å². The minimum Gasteiger partial charge on any atom is -1.00 e. The fourth-order valence-corrected chi connectivity index (χ4v) is 0. The van der Waals surface area contributed by atoms with Crippen LogP contribution in [0.25, 0.3) is 0 Å². The Kier molecular flexibility index (Phi) is 1260. The van der Waals surface area contributed by atoms with Gasteiger partial charge in [-0.3, -0.25) is 0 Å². The van der Waals surface area contributed by atoms with E-state index < -0.39 is 0 Å². The summed E-state index contributed by atoms with van der Waals surface area (Å²) in [4.78, 5) is 0. The zero-order valence-electron chi connectivity index (χ0n) is 1.91. The first-order chi connectivity index (χ1) is 0. The molecule has 0 N–H and O–H groups in total. The molecule has 0 fully saturated rings. The molecule has 0 bridgehead atoms. The lowest BCUT2D eigenvalue weighted by Gasteiger charge is -1.00. The third-order valence-corrected chi connectivity index (χ3v) is 0. The molecule has 0 rings (SSSR count). The zero-order chi connectivity index (χ0) is 0. The average molecular weight is 157 g/mol. The van der Waals surface area contributed by atoms with Gasteiger partial charge in [0.15, 0.2) is 0 Å². The van der Waals surface area contributed by atoms with Crippen LogP contribution in [0.3, 0.4) is 0 Å². The molecule has 0 aromatic carbocycles. The van der Waals surface area contributed by atoms with E-state index in [0.717, 1.165) is 0 Å². The zero-order valence-corrected chi connectivity index (χ0v) is 5.73. The van der Waals surface area contributed by atoms with Crippen LogP contribution in [-0.2, 0) is 27.0 Å². The fraction of sp³-hybridized carbons (Fsp3) is 1.00. The molecule has 0 saturated heterocycles. The SMILES string of the molecule is C.[Cl-].[Cl-].[SH3+].[SH3+]. The van der Waals surface area contributed by atoms with Gasteiger partial charge in [0.2, 0.25) is 0 Å². The lowest BCUT2D eigenvalue weighted by molar-refractivity contribution is -0.001000. The van der Waals surface area contributed by atoms with Crippen molar-refractivity contribution >= 4 is 27.0 Å². The third-order valence-electron chi connectivity index (χ3n) is 0. The third kappa shape index (κ3) is 34.7. The van der Waals surface area contributed by atoms with E-state index in [2.05, 4.69) is 0 Å². The molecule has 0 atom stereocenters. The van der Waals surface area contributed by atoms with Crippen molar-refractivity contribution in [3.8, 4) is 0 Å². The summed E-state index contributed by atoms with van der Waals surface area (Å²) in [6, 6.07) is 0. The van der Waals surface area contributed by atoms with Gasteiger partial charge in [-0.1, -0.05) is 34.4 Å². The molecule has 0 amide bonds. The monoisotopic (exact) mass is 156 g/mol. The van der Waals surface area contributed by atoms with Crippen LogP contribution in [0.15, 0.2) is 0 Å². The Hall–Kier alpha value is 1.28. The van der Waals surface area contributed by atoms with Gasteiger partial charge in [-0.2, -0.15) is 0 Å². The number of rotatable bonds is 0. The van der Waals surface area contributed by atoms with E-state index in [1.54, 1.807) is 0 Å². The summed E-state index contributed by atoms with van der Waals surface area (Å²) in [6.45, 7) is 0. The Labute approximate surface area is 59.4 Å². The van der Waals surface area contributed by atoms with Gasteiger partial charge in [0.05, 0.1) is 0 Å². The normalized spacial score (nSPS) is 0. The predicted molar refractivity (Wildman–Crippen MR) is 29.8 cm³/mol. The molecule has 0 heterocycles. The molecule has 5 heavy (non-hydrogen) atoms. The van der Waals surface area contributed by atoms with Gasteiger partial charge in [0.25, 0.3) is 0 Å². The molecule has 0 spiro atoms. The first kappa shape index (κ1) is 107. The van der Waals surface area contributed by atoms with Crippen LogP contribution in [0.1, 0.15) is 7.43 Å². The van der Waals surface area contributed by atoms with E-state index in [1.165, 1.54) is 0 Å². The van der Waals surface area contributed by atoms with Crippen LogP contribution >= 0.6 is 0 Å². The predicted octanol–water partition coefficient (Wildman–Crippen LogP) is -6.97. The highest BCUT2D eigenvalue weighted by atomic mass is 35.5. The average Bonchev–Trinajstić information content (AvgIpc) is 0. The van der Waals surface area contributed by atoms with Gasteiger partial charge >= 0.3 is 0 Å². The van der Waals surface area contributed by atoms with Crippen molar-refractivity contribution in [1.29, 1.82) is 0 Å². The number of hydrogen-bond acceptors (Lipinski definition) is 0. The van der Waals surface area contributed by atoms with Crippen LogP contribution in [0.5, 0.6) is 0 Å². The van der Waals surface area contributed by atoms with Crippen molar-refractivity contribution in [1.82, 2.24) is 0 Å². The number of hydrogen-bond donors (Lipinski definition) is 0. The molecular weight excluding hydrogens is 147 g/mol. The van der Waals surface area contributed by atoms with E-state index in [9.17, 15) is 0 Å².